The molecule has 4 heteroatoms. The number of ether oxygens (including phenoxy) is 1. The van der Waals surface area contributed by atoms with E-state index >= 15 is 0 Å². The van der Waals surface area contributed by atoms with Gasteiger partial charge in [-0.25, -0.2) is 4.98 Å². The molecule has 126 valence electrons. The molecule has 0 bridgehead atoms. The van der Waals surface area contributed by atoms with E-state index < -0.39 is 0 Å². The van der Waals surface area contributed by atoms with Crippen molar-refractivity contribution >= 4 is 5.91 Å². The highest BCUT2D eigenvalue weighted by atomic mass is 16.5. The van der Waals surface area contributed by atoms with Gasteiger partial charge in [0.15, 0.2) is 0 Å². The summed E-state index contributed by atoms with van der Waals surface area (Å²) < 4.78 is 5.75. The fourth-order valence-electron chi connectivity index (χ4n) is 2.49. The summed E-state index contributed by atoms with van der Waals surface area (Å²) in [7, 11) is 0. The molecule has 0 aliphatic heterocycles. The molecule has 0 aliphatic rings. The van der Waals surface area contributed by atoms with Gasteiger partial charge in [0, 0.05) is 12.7 Å². The van der Waals surface area contributed by atoms with E-state index in [0.29, 0.717) is 23.7 Å². The van der Waals surface area contributed by atoms with Crippen LogP contribution in [0.15, 0.2) is 79.0 Å². The molecule has 1 amide bonds. The monoisotopic (exact) mass is 332 g/mol. The third kappa shape index (κ3) is 4.44. The second kappa shape index (κ2) is 8.11. The second-order valence-electron chi connectivity index (χ2n) is 5.79. The van der Waals surface area contributed by atoms with Crippen molar-refractivity contribution in [2.24, 2.45) is 0 Å². The highest BCUT2D eigenvalue weighted by Gasteiger charge is 2.15. The molecule has 0 unspecified atom stereocenters. The molecule has 0 spiro atoms. The zero-order chi connectivity index (χ0) is 17.5. The Hall–Kier alpha value is -3.14. The number of aromatic nitrogens is 1. The number of hydrogen-bond acceptors (Lipinski definition) is 3. The minimum atomic E-state index is -0.193. The molecule has 3 rings (SSSR count). The molecule has 2 aromatic carbocycles. The van der Waals surface area contributed by atoms with Gasteiger partial charge in [0.05, 0.1) is 0 Å². The number of carbonyl (C=O) groups is 1. The third-order valence-corrected chi connectivity index (χ3v) is 3.91. The fraction of sp³-hybridized carbons (Fsp3) is 0.143. The number of hydrogen-bond donors (Lipinski definition) is 1. The summed E-state index contributed by atoms with van der Waals surface area (Å²) in [4.78, 5) is 16.8. The van der Waals surface area contributed by atoms with E-state index in [1.807, 2.05) is 48.5 Å². The summed E-state index contributed by atoms with van der Waals surface area (Å²) in [5.41, 5.74) is 1.61. The molecule has 1 N–H and O–H groups in total. The van der Waals surface area contributed by atoms with E-state index in [1.54, 1.807) is 18.3 Å². The Labute approximate surface area is 147 Å². The Morgan fingerprint density at radius 1 is 1.00 bits per heavy atom. The fourth-order valence-corrected chi connectivity index (χ4v) is 2.49. The van der Waals surface area contributed by atoms with E-state index in [9.17, 15) is 4.79 Å². The van der Waals surface area contributed by atoms with Crippen molar-refractivity contribution in [3.05, 3.63) is 90.1 Å². The minimum Gasteiger partial charge on any atom is -0.438 e. The number of para-hydroxylation sites is 1. The van der Waals surface area contributed by atoms with E-state index in [-0.39, 0.29) is 11.8 Å². The van der Waals surface area contributed by atoms with E-state index in [0.717, 1.165) is 0 Å². The van der Waals surface area contributed by atoms with Crippen LogP contribution in [0, 0.1) is 0 Å². The molecule has 0 radical (unpaired) electrons. The first-order valence-electron chi connectivity index (χ1n) is 8.25. The number of carbonyl (C=O) groups excluding carboxylic acids is 1. The van der Waals surface area contributed by atoms with E-state index in [4.69, 9.17) is 4.74 Å². The predicted octanol–water partition coefficient (Wildman–Crippen LogP) is 4.41. The SMILES string of the molecule is C[C@@H](CNC(=O)c1cccnc1Oc1ccccc1)c1ccccc1. The molecule has 0 fully saturated rings. The van der Waals surface area contributed by atoms with E-state index in [1.165, 1.54) is 5.56 Å². The van der Waals surface area contributed by atoms with Crippen LogP contribution >= 0.6 is 0 Å². The average molecular weight is 332 g/mol. The molecule has 1 aromatic heterocycles. The van der Waals surface area contributed by atoms with Gasteiger partial charge in [-0.3, -0.25) is 4.79 Å². The van der Waals surface area contributed by atoms with Crippen molar-refractivity contribution in [2.75, 3.05) is 6.54 Å². The Morgan fingerprint density at radius 3 is 2.40 bits per heavy atom. The Bertz CT molecular complexity index is 820. The van der Waals surface area contributed by atoms with Crippen LogP contribution in [-0.4, -0.2) is 17.4 Å². The van der Waals surface area contributed by atoms with Crippen LogP contribution in [0.2, 0.25) is 0 Å². The topological polar surface area (TPSA) is 51.2 Å². The van der Waals surface area contributed by atoms with Gasteiger partial charge >= 0.3 is 0 Å². The van der Waals surface area contributed by atoms with Gasteiger partial charge in [0.2, 0.25) is 5.88 Å². The molecule has 0 saturated carbocycles. The molecular weight excluding hydrogens is 312 g/mol. The summed E-state index contributed by atoms with van der Waals surface area (Å²) in [6.07, 6.45) is 1.61. The Morgan fingerprint density at radius 2 is 1.68 bits per heavy atom. The molecule has 0 aliphatic carbocycles. The number of pyridine rings is 1. The number of amides is 1. The van der Waals surface area contributed by atoms with Crippen molar-refractivity contribution in [3.8, 4) is 11.6 Å². The second-order valence-corrected chi connectivity index (χ2v) is 5.79. The smallest absolute Gasteiger partial charge is 0.256 e. The quantitative estimate of drug-likeness (QED) is 0.727. The number of benzene rings is 2. The lowest BCUT2D eigenvalue weighted by Crippen LogP contribution is -2.28. The average Bonchev–Trinajstić information content (AvgIpc) is 2.68. The first-order chi connectivity index (χ1) is 12.2. The zero-order valence-electron chi connectivity index (χ0n) is 14.1. The summed E-state index contributed by atoms with van der Waals surface area (Å²) in [5, 5.41) is 2.96. The van der Waals surface area contributed by atoms with Crippen molar-refractivity contribution in [1.29, 1.82) is 0 Å². The zero-order valence-corrected chi connectivity index (χ0v) is 14.1. The normalized spacial score (nSPS) is 11.6. The maximum atomic E-state index is 12.6. The lowest BCUT2D eigenvalue weighted by molar-refractivity contribution is 0.0948. The maximum Gasteiger partial charge on any atom is 0.256 e. The summed E-state index contributed by atoms with van der Waals surface area (Å²) in [6, 6.07) is 22.9. The van der Waals surface area contributed by atoms with Crippen LogP contribution < -0.4 is 10.1 Å². The lowest BCUT2D eigenvalue weighted by atomic mass is 10.0. The largest absolute Gasteiger partial charge is 0.438 e. The van der Waals surface area contributed by atoms with Gasteiger partial charge < -0.3 is 10.1 Å². The van der Waals surface area contributed by atoms with Crippen LogP contribution in [0.25, 0.3) is 0 Å². The highest BCUT2D eigenvalue weighted by molar-refractivity contribution is 5.96. The van der Waals surface area contributed by atoms with Gasteiger partial charge in [-0.05, 0) is 35.7 Å². The standard InChI is InChI=1S/C21H20N2O2/c1-16(17-9-4-2-5-10-17)15-23-20(24)19-13-8-14-22-21(19)25-18-11-6-3-7-12-18/h2-14,16H,15H2,1H3,(H,23,24)/t16-/m0/s1. The first kappa shape index (κ1) is 16.7. The molecule has 1 atom stereocenters. The Balaban J connectivity index is 1.68. The van der Waals surface area contributed by atoms with Crippen LogP contribution in [0.3, 0.4) is 0 Å². The van der Waals surface area contributed by atoms with Crippen molar-refractivity contribution in [2.45, 2.75) is 12.8 Å². The number of rotatable bonds is 6. The van der Waals surface area contributed by atoms with Crippen molar-refractivity contribution in [1.82, 2.24) is 10.3 Å². The lowest BCUT2D eigenvalue weighted by Gasteiger charge is -2.14. The van der Waals surface area contributed by atoms with Crippen molar-refractivity contribution in [3.63, 3.8) is 0 Å². The summed E-state index contributed by atoms with van der Waals surface area (Å²) in [5.74, 6) is 0.980. The van der Waals surface area contributed by atoms with Crippen LogP contribution in [0.1, 0.15) is 28.8 Å². The molecule has 0 saturated heterocycles. The minimum absolute atomic E-state index is 0.193. The summed E-state index contributed by atoms with van der Waals surface area (Å²) in [6.45, 7) is 2.63. The number of nitrogens with zero attached hydrogens (tertiary/aromatic N) is 1. The first-order valence-corrected chi connectivity index (χ1v) is 8.25. The molecule has 25 heavy (non-hydrogen) atoms. The maximum absolute atomic E-state index is 12.6. The van der Waals surface area contributed by atoms with Gasteiger partial charge in [-0.2, -0.15) is 0 Å². The Kier molecular flexibility index (Phi) is 5.42. The molecule has 1 heterocycles. The number of nitrogens with one attached hydrogen (secondary N) is 1. The molecule has 4 nitrogen and oxygen atoms in total. The van der Waals surface area contributed by atoms with Crippen molar-refractivity contribution < 1.29 is 9.53 Å². The predicted molar refractivity (Wildman–Crippen MR) is 97.9 cm³/mol. The van der Waals surface area contributed by atoms with Gasteiger partial charge in [0.1, 0.15) is 11.3 Å². The van der Waals surface area contributed by atoms with Gasteiger partial charge in [-0.1, -0.05) is 55.5 Å². The van der Waals surface area contributed by atoms with Crippen LogP contribution in [0.4, 0.5) is 0 Å². The van der Waals surface area contributed by atoms with E-state index in [2.05, 4.69) is 29.4 Å². The third-order valence-electron chi connectivity index (χ3n) is 3.91. The molecular formula is C21H20N2O2. The highest BCUT2D eigenvalue weighted by Crippen LogP contribution is 2.22. The summed E-state index contributed by atoms with van der Waals surface area (Å²) >= 11 is 0. The van der Waals surface area contributed by atoms with Crippen LogP contribution in [0.5, 0.6) is 11.6 Å². The van der Waals surface area contributed by atoms with Gasteiger partial charge in [-0.15, -0.1) is 0 Å². The molecule has 3 aromatic rings. The van der Waals surface area contributed by atoms with Gasteiger partial charge in [0.25, 0.3) is 5.91 Å². The van der Waals surface area contributed by atoms with Crippen LogP contribution in [-0.2, 0) is 0 Å².